The highest BCUT2D eigenvalue weighted by Gasteiger charge is 2.53. The molecule has 6 rings (SSSR count). The van der Waals surface area contributed by atoms with E-state index in [9.17, 15) is 13.2 Å². The number of anilines is 1. The van der Waals surface area contributed by atoms with Gasteiger partial charge in [0.2, 0.25) is 5.76 Å². The van der Waals surface area contributed by atoms with Crippen LogP contribution >= 0.6 is 0 Å². The van der Waals surface area contributed by atoms with Crippen molar-refractivity contribution in [3.05, 3.63) is 59.0 Å². The Bertz CT molecular complexity index is 1300. The molecule has 0 N–H and O–H groups in total. The fraction of sp³-hybridized carbons (Fsp3) is 0.360. The summed E-state index contributed by atoms with van der Waals surface area (Å²) in [6, 6.07) is 9.74. The summed E-state index contributed by atoms with van der Waals surface area (Å²) in [4.78, 5) is 1.98. The Hall–Kier alpha value is -3.69. The SMILES string of the molecule is COc1ccc2c(c1OC)C1(COc3cc4c(cc31)OCCO4)CN2Cc1ccc(C(F)(F)F)o1. The third-order valence-electron chi connectivity index (χ3n) is 6.73. The smallest absolute Gasteiger partial charge is 0.449 e. The molecular weight excluding hydrogens is 467 g/mol. The van der Waals surface area contributed by atoms with E-state index in [1.54, 1.807) is 20.3 Å². The van der Waals surface area contributed by atoms with Gasteiger partial charge in [-0.1, -0.05) is 0 Å². The lowest BCUT2D eigenvalue weighted by molar-refractivity contribution is -0.153. The lowest BCUT2D eigenvalue weighted by Gasteiger charge is -2.27. The molecule has 0 fully saturated rings. The monoisotopic (exact) mass is 489 g/mol. The average Bonchev–Trinajstić information content (AvgIpc) is 3.55. The van der Waals surface area contributed by atoms with E-state index < -0.39 is 17.4 Å². The highest BCUT2D eigenvalue weighted by molar-refractivity contribution is 5.76. The highest BCUT2D eigenvalue weighted by atomic mass is 19.4. The van der Waals surface area contributed by atoms with Crippen LogP contribution in [0.25, 0.3) is 0 Å². The molecule has 1 aromatic heterocycles. The van der Waals surface area contributed by atoms with Crippen LogP contribution in [0.2, 0.25) is 0 Å². The lowest BCUT2D eigenvalue weighted by atomic mass is 9.77. The predicted molar refractivity (Wildman–Crippen MR) is 118 cm³/mol. The summed E-state index contributed by atoms with van der Waals surface area (Å²) >= 11 is 0. The molecule has 1 spiro atoms. The van der Waals surface area contributed by atoms with Gasteiger partial charge in [-0.25, -0.2) is 0 Å². The van der Waals surface area contributed by atoms with Crippen molar-refractivity contribution in [2.75, 3.05) is 45.5 Å². The van der Waals surface area contributed by atoms with E-state index >= 15 is 0 Å². The predicted octanol–water partition coefficient (Wildman–Crippen LogP) is 4.79. The van der Waals surface area contributed by atoms with Gasteiger partial charge in [-0.2, -0.15) is 13.2 Å². The third-order valence-corrected chi connectivity index (χ3v) is 6.73. The minimum atomic E-state index is -4.54. The maximum Gasteiger partial charge on any atom is 0.449 e. The number of hydrogen-bond donors (Lipinski definition) is 0. The second-order valence-electron chi connectivity index (χ2n) is 8.68. The van der Waals surface area contributed by atoms with Crippen LogP contribution in [0.5, 0.6) is 28.7 Å². The Morgan fingerprint density at radius 3 is 2.40 bits per heavy atom. The standard InChI is InChI=1S/C25H22F3NO6/c1-30-17-5-4-16-22(23(17)31-2)24(12-29(16)11-14-3-6-21(35-14)25(26,27)28)13-34-18-10-20-19(9-15(18)24)32-7-8-33-20/h3-6,9-10H,7-8,11-13H2,1-2H3. The number of ether oxygens (including phenoxy) is 5. The Kier molecular flexibility index (Phi) is 4.77. The molecule has 3 aliphatic rings. The van der Waals surface area contributed by atoms with E-state index in [4.69, 9.17) is 28.1 Å². The average molecular weight is 489 g/mol. The molecule has 7 nitrogen and oxygen atoms in total. The van der Waals surface area contributed by atoms with Crippen LogP contribution in [-0.4, -0.2) is 40.6 Å². The first kappa shape index (κ1) is 21.8. The zero-order valence-electron chi connectivity index (χ0n) is 19.0. The molecule has 0 saturated heterocycles. The number of halogens is 3. The minimum Gasteiger partial charge on any atom is -0.493 e. The summed E-state index contributed by atoms with van der Waals surface area (Å²) in [5, 5.41) is 0. The van der Waals surface area contributed by atoms with Crippen LogP contribution in [0.1, 0.15) is 22.6 Å². The van der Waals surface area contributed by atoms with E-state index in [0.29, 0.717) is 55.1 Å². The fourth-order valence-corrected chi connectivity index (χ4v) is 5.26. The number of alkyl halides is 3. The zero-order valence-corrected chi connectivity index (χ0v) is 19.0. The van der Waals surface area contributed by atoms with Crippen LogP contribution in [0.15, 0.2) is 40.8 Å². The quantitative estimate of drug-likeness (QED) is 0.523. The van der Waals surface area contributed by atoms with Crippen LogP contribution in [0.3, 0.4) is 0 Å². The third kappa shape index (κ3) is 3.26. The molecule has 4 heterocycles. The second kappa shape index (κ2) is 7.66. The lowest BCUT2D eigenvalue weighted by Crippen LogP contribution is -2.36. The van der Waals surface area contributed by atoms with Crippen molar-refractivity contribution < 1.29 is 41.3 Å². The fourth-order valence-electron chi connectivity index (χ4n) is 5.26. The van der Waals surface area contributed by atoms with E-state index in [-0.39, 0.29) is 12.3 Å². The van der Waals surface area contributed by atoms with Gasteiger partial charge in [-0.05, 0) is 30.3 Å². The molecular formula is C25H22F3NO6. The Morgan fingerprint density at radius 1 is 0.943 bits per heavy atom. The second-order valence-corrected chi connectivity index (χ2v) is 8.68. The molecule has 0 saturated carbocycles. The van der Waals surface area contributed by atoms with Crippen LogP contribution in [0, 0.1) is 0 Å². The van der Waals surface area contributed by atoms with Gasteiger partial charge in [0, 0.05) is 29.4 Å². The van der Waals surface area contributed by atoms with Gasteiger partial charge >= 0.3 is 6.18 Å². The van der Waals surface area contributed by atoms with E-state index in [1.165, 1.54) is 6.07 Å². The molecule has 10 heteroatoms. The molecule has 0 radical (unpaired) electrons. The van der Waals surface area contributed by atoms with Crippen molar-refractivity contribution in [3.8, 4) is 28.7 Å². The van der Waals surface area contributed by atoms with Gasteiger partial charge in [0.25, 0.3) is 0 Å². The molecule has 2 aromatic carbocycles. The maximum atomic E-state index is 13.1. The molecule has 35 heavy (non-hydrogen) atoms. The summed E-state index contributed by atoms with van der Waals surface area (Å²) in [5.74, 6) is 2.20. The number of nitrogens with zero attached hydrogens (tertiary/aromatic N) is 1. The van der Waals surface area contributed by atoms with Crippen LogP contribution in [-0.2, 0) is 18.1 Å². The van der Waals surface area contributed by atoms with E-state index in [2.05, 4.69) is 0 Å². The molecule has 3 aromatic rings. The first-order chi connectivity index (χ1) is 16.8. The minimum absolute atomic E-state index is 0.139. The molecule has 184 valence electrons. The zero-order chi connectivity index (χ0) is 24.4. The summed E-state index contributed by atoms with van der Waals surface area (Å²) in [6.07, 6.45) is -4.54. The number of rotatable bonds is 4. The number of benzene rings is 2. The van der Waals surface area contributed by atoms with Gasteiger partial charge < -0.3 is 33.0 Å². The molecule has 1 atom stereocenters. The molecule has 3 aliphatic heterocycles. The number of fused-ring (bicyclic) bond motifs is 5. The van der Waals surface area contributed by atoms with E-state index in [0.717, 1.165) is 22.9 Å². The van der Waals surface area contributed by atoms with Crippen molar-refractivity contribution in [2.24, 2.45) is 0 Å². The Morgan fingerprint density at radius 2 is 1.71 bits per heavy atom. The van der Waals surface area contributed by atoms with Gasteiger partial charge in [0.15, 0.2) is 23.0 Å². The number of furan rings is 1. The summed E-state index contributed by atoms with van der Waals surface area (Å²) in [5.41, 5.74) is 1.88. The Labute approximate surface area is 198 Å². The number of hydrogen-bond acceptors (Lipinski definition) is 7. The van der Waals surface area contributed by atoms with Gasteiger partial charge in [0.1, 0.15) is 31.3 Å². The van der Waals surface area contributed by atoms with Crippen molar-refractivity contribution in [3.63, 3.8) is 0 Å². The Balaban J connectivity index is 1.48. The topological polar surface area (TPSA) is 62.5 Å². The molecule has 0 amide bonds. The van der Waals surface area contributed by atoms with Crippen molar-refractivity contribution >= 4 is 5.69 Å². The summed E-state index contributed by atoms with van der Waals surface area (Å²) < 4.78 is 73.5. The first-order valence-electron chi connectivity index (χ1n) is 11.1. The first-order valence-corrected chi connectivity index (χ1v) is 11.1. The molecule has 0 bridgehead atoms. The van der Waals surface area contributed by atoms with Crippen molar-refractivity contribution in [1.82, 2.24) is 0 Å². The van der Waals surface area contributed by atoms with Crippen LogP contribution < -0.4 is 28.6 Å². The van der Waals surface area contributed by atoms with Crippen molar-refractivity contribution in [2.45, 2.75) is 18.1 Å². The summed E-state index contributed by atoms with van der Waals surface area (Å²) in [7, 11) is 3.13. The largest absolute Gasteiger partial charge is 0.493 e. The van der Waals surface area contributed by atoms with Gasteiger partial charge in [-0.3, -0.25) is 0 Å². The number of methoxy groups -OCH3 is 2. The van der Waals surface area contributed by atoms with Crippen LogP contribution in [0.4, 0.5) is 18.9 Å². The summed E-state index contributed by atoms with van der Waals surface area (Å²) in [6.45, 7) is 1.78. The highest BCUT2D eigenvalue weighted by Crippen LogP contribution is 2.58. The van der Waals surface area contributed by atoms with Gasteiger partial charge in [-0.15, -0.1) is 0 Å². The van der Waals surface area contributed by atoms with Crippen molar-refractivity contribution in [1.29, 1.82) is 0 Å². The maximum absolute atomic E-state index is 13.1. The molecule has 1 unspecified atom stereocenters. The van der Waals surface area contributed by atoms with E-state index in [1.807, 2.05) is 23.1 Å². The van der Waals surface area contributed by atoms with Gasteiger partial charge in [0.05, 0.1) is 26.2 Å². The normalized spacial score (nSPS) is 20.0. The molecule has 0 aliphatic carbocycles.